The van der Waals surface area contributed by atoms with Gasteiger partial charge in [-0.25, -0.2) is 9.97 Å². The summed E-state index contributed by atoms with van der Waals surface area (Å²) in [5.41, 5.74) is 4.95. The number of amides is 2. The average molecular weight is 672 g/mol. The number of rotatable bonds is 11. The number of hydrogen-bond acceptors (Lipinski definition) is 7. The Morgan fingerprint density at radius 1 is 0.720 bits per heavy atom. The molecule has 3 aromatic carbocycles. The summed E-state index contributed by atoms with van der Waals surface area (Å²) in [6, 6.07) is 24.2. The largest absolute Gasteiger partial charge is 0.490 e. The lowest BCUT2D eigenvalue weighted by molar-refractivity contribution is -0.128. The van der Waals surface area contributed by atoms with Gasteiger partial charge in [0.2, 0.25) is 11.8 Å². The lowest BCUT2D eigenvalue weighted by Crippen LogP contribution is -2.41. The molecule has 3 heterocycles. The molecule has 2 aliphatic heterocycles. The molecule has 0 bridgehead atoms. The van der Waals surface area contributed by atoms with Crippen molar-refractivity contribution in [3.05, 3.63) is 115 Å². The van der Waals surface area contributed by atoms with Crippen molar-refractivity contribution in [2.75, 3.05) is 46.8 Å². The first-order chi connectivity index (χ1) is 24.4. The minimum Gasteiger partial charge on any atom is -0.490 e. The standard InChI is InChI=1S/C41H45N5O4/c1-44(2)21-7-12-40(47)45-22-17-36(18-23-45)50-38-15-13-32(39(27-38)31-8-4-3-5-9-31)14-16-41(48)46-24-19-35(20-25-46)49-37-11-6-10-33(26-37)34-28-42-30-43-29-34/h3-16,26-30,35-36H,17-25H2,1-2H3/b12-7+,16-14+. The molecule has 0 N–H and O–H groups in total. The number of carbonyl (C=O) groups is 2. The first-order valence-electron chi connectivity index (χ1n) is 17.4. The average Bonchev–Trinajstić information content (AvgIpc) is 3.15. The van der Waals surface area contributed by atoms with Crippen molar-refractivity contribution in [2.45, 2.75) is 37.9 Å². The minimum atomic E-state index is -0.00766. The van der Waals surface area contributed by atoms with E-state index >= 15 is 0 Å². The quantitative estimate of drug-likeness (QED) is 0.171. The number of likely N-dealkylation sites (tertiary alicyclic amines) is 2. The molecular weight excluding hydrogens is 626 g/mol. The van der Waals surface area contributed by atoms with Crippen molar-refractivity contribution in [2.24, 2.45) is 0 Å². The number of likely N-dealkylation sites (N-methyl/N-ethyl adjacent to an activating group) is 1. The molecule has 6 rings (SSSR count). The molecule has 9 heteroatoms. The monoisotopic (exact) mass is 671 g/mol. The summed E-state index contributed by atoms with van der Waals surface area (Å²) in [5.74, 6) is 1.64. The molecule has 2 amide bonds. The predicted molar refractivity (Wildman–Crippen MR) is 197 cm³/mol. The number of piperidine rings is 2. The van der Waals surface area contributed by atoms with Gasteiger partial charge in [0.1, 0.15) is 30.0 Å². The third-order valence-electron chi connectivity index (χ3n) is 9.09. The van der Waals surface area contributed by atoms with Crippen LogP contribution in [0.3, 0.4) is 0 Å². The van der Waals surface area contributed by atoms with Crippen molar-refractivity contribution < 1.29 is 19.1 Å². The second-order valence-electron chi connectivity index (χ2n) is 13.1. The number of carbonyl (C=O) groups excluding carboxylic acids is 2. The normalized spacial score (nSPS) is 16.0. The van der Waals surface area contributed by atoms with Crippen LogP contribution < -0.4 is 9.47 Å². The van der Waals surface area contributed by atoms with Crippen molar-refractivity contribution in [3.63, 3.8) is 0 Å². The van der Waals surface area contributed by atoms with Crippen LogP contribution in [0.4, 0.5) is 0 Å². The summed E-state index contributed by atoms with van der Waals surface area (Å²) in [6.07, 6.45) is 15.4. The summed E-state index contributed by atoms with van der Waals surface area (Å²) >= 11 is 0. The Morgan fingerprint density at radius 3 is 1.96 bits per heavy atom. The van der Waals surface area contributed by atoms with Crippen LogP contribution in [-0.2, 0) is 9.59 Å². The fraction of sp³-hybridized carbons (Fsp3) is 0.317. The molecular formula is C41H45N5O4. The molecule has 1 aromatic heterocycles. The van der Waals surface area contributed by atoms with Gasteiger partial charge in [0.15, 0.2) is 0 Å². The molecule has 0 atom stereocenters. The smallest absolute Gasteiger partial charge is 0.246 e. The van der Waals surface area contributed by atoms with Gasteiger partial charge >= 0.3 is 0 Å². The molecule has 258 valence electrons. The van der Waals surface area contributed by atoms with Gasteiger partial charge in [-0.15, -0.1) is 0 Å². The molecule has 0 spiro atoms. The number of hydrogen-bond donors (Lipinski definition) is 0. The van der Waals surface area contributed by atoms with E-state index < -0.39 is 0 Å². The highest BCUT2D eigenvalue weighted by atomic mass is 16.5. The SMILES string of the molecule is CN(C)C/C=C/C(=O)N1CCC(Oc2ccc(/C=C/C(=O)N3CCC(Oc4cccc(-c5cncnc5)c4)CC3)c(-c3ccccc3)c2)CC1. The number of nitrogens with zero attached hydrogens (tertiary/aromatic N) is 5. The zero-order valence-electron chi connectivity index (χ0n) is 28.9. The Labute approximate surface area is 294 Å². The Kier molecular flexibility index (Phi) is 11.7. The second kappa shape index (κ2) is 16.9. The first kappa shape index (κ1) is 34.6. The molecule has 2 fully saturated rings. The van der Waals surface area contributed by atoms with Crippen LogP contribution >= 0.6 is 0 Å². The van der Waals surface area contributed by atoms with Gasteiger partial charge < -0.3 is 24.2 Å². The van der Waals surface area contributed by atoms with Crippen molar-refractivity contribution in [1.82, 2.24) is 24.7 Å². The highest BCUT2D eigenvalue weighted by molar-refractivity contribution is 5.93. The van der Waals surface area contributed by atoms with Gasteiger partial charge in [-0.2, -0.15) is 0 Å². The number of aromatic nitrogens is 2. The summed E-state index contributed by atoms with van der Waals surface area (Å²) < 4.78 is 12.7. The van der Waals surface area contributed by atoms with Crippen LogP contribution in [0.25, 0.3) is 28.3 Å². The minimum absolute atomic E-state index is 0.00766. The van der Waals surface area contributed by atoms with Gasteiger partial charge in [0.25, 0.3) is 0 Å². The molecule has 0 saturated carbocycles. The molecule has 0 radical (unpaired) electrons. The van der Waals surface area contributed by atoms with Crippen LogP contribution in [0.1, 0.15) is 31.2 Å². The highest BCUT2D eigenvalue weighted by Crippen LogP contribution is 2.31. The van der Waals surface area contributed by atoms with Gasteiger partial charge in [-0.05, 0) is 66.7 Å². The lowest BCUT2D eigenvalue weighted by Gasteiger charge is -2.32. The van der Waals surface area contributed by atoms with E-state index in [9.17, 15) is 9.59 Å². The Balaban J connectivity index is 1.04. The van der Waals surface area contributed by atoms with Crippen LogP contribution in [0.5, 0.6) is 11.5 Å². The Morgan fingerprint density at radius 2 is 1.32 bits per heavy atom. The van der Waals surface area contributed by atoms with Crippen LogP contribution in [0, 0.1) is 0 Å². The highest BCUT2D eigenvalue weighted by Gasteiger charge is 2.24. The lowest BCUT2D eigenvalue weighted by atomic mass is 9.98. The predicted octanol–water partition coefficient (Wildman–Crippen LogP) is 6.38. The molecule has 2 saturated heterocycles. The molecule has 0 aliphatic carbocycles. The van der Waals surface area contributed by atoms with E-state index in [2.05, 4.69) is 28.2 Å². The van der Waals surface area contributed by atoms with Crippen LogP contribution in [0.2, 0.25) is 0 Å². The topological polar surface area (TPSA) is 88.1 Å². The van der Waals surface area contributed by atoms with Crippen LogP contribution in [0.15, 0.2) is 110 Å². The number of ether oxygens (including phenoxy) is 2. The van der Waals surface area contributed by atoms with Gasteiger partial charge in [0.05, 0.1) is 0 Å². The molecule has 4 aromatic rings. The second-order valence-corrected chi connectivity index (χ2v) is 13.1. The third-order valence-corrected chi connectivity index (χ3v) is 9.09. The van der Waals surface area contributed by atoms with Crippen molar-refractivity contribution in [3.8, 4) is 33.8 Å². The van der Waals surface area contributed by atoms with Gasteiger partial charge in [-0.1, -0.05) is 54.6 Å². The van der Waals surface area contributed by atoms with E-state index in [4.69, 9.17) is 9.47 Å². The van der Waals surface area contributed by atoms with Gasteiger partial charge in [0, 0.05) is 88.5 Å². The summed E-state index contributed by atoms with van der Waals surface area (Å²) in [4.78, 5) is 39.9. The van der Waals surface area contributed by atoms with E-state index in [1.165, 1.54) is 6.33 Å². The fourth-order valence-corrected chi connectivity index (χ4v) is 6.33. The zero-order chi connectivity index (χ0) is 34.7. The van der Waals surface area contributed by atoms with Crippen molar-refractivity contribution >= 4 is 17.9 Å². The van der Waals surface area contributed by atoms with Crippen LogP contribution in [-0.4, -0.2) is 95.5 Å². The first-order valence-corrected chi connectivity index (χ1v) is 17.4. The molecule has 0 unspecified atom stereocenters. The Bertz CT molecular complexity index is 1780. The number of benzene rings is 3. The van der Waals surface area contributed by atoms with E-state index in [1.807, 2.05) is 95.5 Å². The van der Waals surface area contributed by atoms with Gasteiger partial charge in [-0.3, -0.25) is 9.59 Å². The zero-order valence-corrected chi connectivity index (χ0v) is 28.9. The summed E-state index contributed by atoms with van der Waals surface area (Å²) in [7, 11) is 3.96. The maximum Gasteiger partial charge on any atom is 0.246 e. The maximum atomic E-state index is 13.3. The summed E-state index contributed by atoms with van der Waals surface area (Å²) in [6.45, 7) is 3.35. The van der Waals surface area contributed by atoms with E-state index in [0.717, 1.165) is 71.5 Å². The molecule has 2 aliphatic rings. The fourth-order valence-electron chi connectivity index (χ4n) is 6.33. The summed E-state index contributed by atoms with van der Waals surface area (Å²) in [5, 5.41) is 0. The van der Waals surface area contributed by atoms with Crippen molar-refractivity contribution in [1.29, 1.82) is 0 Å². The maximum absolute atomic E-state index is 13.3. The Hall–Kier alpha value is -5.28. The van der Waals surface area contributed by atoms with E-state index in [1.54, 1.807) is 24.5 Å². The van der Waals surface area contributed by atoms with E-state index in [0.29, 0.717) is 26.2 Å². The van der Waals surface area contributed by atoms with E-state index in [-0.39, 0.29) is 24.0 Å². The molecule has 9 nitrogen and oxygen atoms in total. The third kappa shape index (κ3) is 9.45. The molecule has 50 heavy (non-hydrogen) atoms.